The van der Waals surface area contributed by atoms with Gasteiger partial charge in [-0.1, -0.05) is 28.1 Å². The molecule has 0 aliphatic carbocycles. The van der Waals surface area contributed by atoms with Gasteiger partial charge < -0.3 is 5.32 Å². The van der Waals surface area contributed by atoms with E-state index in [1.54, 1.807) is 0 Å². The Bertz CT molecular complexity index is 390. The van der Waals surface area contributed by atoms with Gasteiger partial charge in [0.1, 0.15) is 0 Å². The van der Waals surface area contributed by atoms with Crippen LogP contribution in [-0.4, -0.2) is 6.54 Å². The van der Waals surface area contributed by atoms with Crippen molar-refractivity contribution in [3.8, 4) is 6.07 Å². The van der Waals surface area contributed by atoms with E-state index in [4.69, 9.17) is 5.26 Å². The molecule has 0 fully saturated rings. The smallest absolute Gasteiger partial charge is 0.0684 e. The van der Waals surface area contributed by atoms with Crippen molar-refractivity contribution in [3.63, 3.8) is 0 Å². The van der Waals surface area contributed by atoms with Crippen LogP contribution in [-0.2, 0) is 0 Å². The van der Waals surface area contributed by atoms with Gasteiger partial charge in [0.15, 0.2) is 0 Å². The van der Waals surface area contributed by atoms with Gasteiger partial charge in [0, 0.05) is 10.5 Å². The van der Waals surface area contributed by atoms with Crippen molar-refractivity contribution in [1.29, 1.82) is 5.26 Å². The van der Waals surface area contributed by atoms with Gasteiger partial charge in [-0.05, 0) is 51.4 Å². The van der Waals surface area contributed by atoms with Crippen molar-refractivity contribution in [2.24, 2.45) is 5.41 Å². The molecule has 0 bridgehead atoms. The lowest BCUT2D eigenvalue weighted by atomic mass is 9.91. The highest BCUT2D eigenvalue weighted by atomic mass is 79.9. The van der Waals surface area contributed by atoms with Crippen LogP contribution in [0.15, 0.2) is 28.7 Å². The van der Waals surface area contributed by atoms with Gasteiger partial charge in [0.05, 0.1) is 11.5 Å². The summed E-state index contributed by atoms with van der Waals surface area (Å²) in [6, 6.07) is 10.9. The highest BCUT2D eigenvalue weighted by Crippen LogP contribution is 2.19. The van der Waals surface area contributed by atoms with Crippen LogP contribution in [0.4, 0.5) is 0 Å². The van der Waals surface area contributed by atoms with Gasteiger partial charge in [-0.15, -0.1) is 0 Å². The van der Waals surface area contributed by atoms with Crippen LogP contribution in [0.25, 0.3) is 0 Å². The Kier molecular flexibility index (Phi) is 5.17. The van der Waals surface area contributed by atoms with E-state index in [0.29, 0.717) is 6.04 Å². The average molecular weight is 295 g/mol. The van der Waals surface area contributed by atoms with E-state index in [-0.39, 0.29) is 5.41 Å². The zero-order valence-corrected chi connectivity index (χ0v) is 12.2. The number of halogens is 1. The maximum Gasteiger partial charge on any atom is 0.0684 e. The number of nitrogens with one attached hydrogen (secondary N) is 1. The molecule has 1 aromatic rings. The highest BCUT2D eigenvalue weighted by molar-refractivity contribution is 9.10. The van der Waals surface area contributed by atoms with Crippen LogP contribution in [0, 0.1) is 16.7 Å². The summed E-state index contributed by atoms with van der Waals surface area (Å²) in [6.45, 7) is 6.94. The molecule has 0 amide bonds. The quantitative estimate of drug-likeness (QED) is 0.890. The third-order valence-corrected chi connectivity index (χ3v) is 3.40. The Balaban J connectivity index is 2.43. The lowest BCUT2D eigenvalue weighted by molar-refractivity contribution is 0.416. The van der Waals surface area contributed by atoms with Crippen LogP contribution >= 0.6 is 15.9 Å². The molecule has 1 rings (SSSR count). The van der Waals surface area contributed by atoms with Crippen molar-refractivity contribution in [1.82, 2.24) is 5.32 Å². The van der Waals surface area contributed by atoms with Gasteiger partial charge in [-0.3, -0.25) is 0 Å². The second-order valence-electron chi connectivity index (χ2n) is 4.97. The first kappa shape index (κ1) is 14.2. The summed E-state index contributed by atoms with van der Waals surface area (Å²) >= 11 is 3.43. The fourth-order valence-electron chi connectivity index (χ4n) is 1.53. The topological polar surface area (TPSA) is 35.8 Å². The molecule has 0 aliphatic heterocycles. The molecular formula is C14H19BrN2. The Hall–Kier alpha value is -0.850. The van der Waals surface area contributed by atoms with Crippen LogP contribution in [0.3, 0.4) is 0 Å². The van der Waals surface area contributed by atoms with Crippen molar-refractivity contribution in [3.05, 3.63) is 34.3 Å². The predicted molar refractivity (Wildman–Crippen MR) is 74.6 cm³/mol. The van der Waals surface area contributed by atoms with Gasteiger partial charge in [0.25, 0.3) is 0 Å². The minimum absolute atomic E-state index is 0.244. The average Bonchev–Trinajstić information content (AvgIpc) is 2.29. The van der Waals surface area contributed by atoms with E-state index in [9.17, 15) is 0 Å². The number of benzene rings is 1. The summed E-state index contributed by atoms with van der Waals surface area (Å²) in [5, 5.41) is 12.4. The van der Waals surface area contributed by atoms with Crippen molar-refractivity contribution < 1.29 is 0 Å². The van der Waals surface area contributed by atoms with Crippen LogP contribution in [0.1, 0.15) is 38.8 Å². The Morgan fingerprint density at radius 2 is 1.94 bits per heavy atom. The fourth-order valence-corrected chi connectivity index (χ4v) is 1.79. The standard InChI is InChI=1S/C14H19BrN2/c1-11(12-4-6-13(15)7-5-12)17-9-8-14(2,3)10-16/h4-7,11,17H,8-9H2,1-3H3. The Labute approximate surface area is 112 Å². The molecule has 2 nitrogen and oxygen atoms in total. The van der Waals surface area contributed by atoms with Crippen molar-refractivity contribution in [2.45, 2.75) is 33.2 Å². The SMILES string of the molecule is CC(NCCC(C)(C)C#N)c1ccc(Br)cc1. The van der Waals surface area contributed by atoms with Gasteiger partial charge >= 0.3 is 0 Å². The highest BCUT2D eigenvalue weighted by Gasteiger charge is 2.16. The third kappa shape index (κ3) is 4.89. The van der Waals surface area contributed by atoms with Gasteiger partial charge in [0.2, 0.25) is 0 Å². The molecule has 1 aromatic carbocycles. The molecule has 0 aliphatic rings. The summed E-state index contributed by atoms with van der Waals surface area (Å²) in [7, 11) is 0. The Morgan fingerprint density at radius 1 is 1.35 bits per heavy atom. The first-order valence-corrected chi connectivity index (χ1v) is 6.64. The van der Waals surface area contributed by atoms with E-state index >= 15 is 0 Å². The molecule has 0 aromatic heterocycles. The molecule has 0 heterocycles. The molecule has 3 heteroatoms. The van der Waals surface area contributed by atoms with Crippen molar-refractivity contribution >= 4 is 15.9 Å². The number of rotatable bonds is 5. The zero-order valence-electron chi connectivity index (χ0n) is 10.6. The number of nitrogens with zero attached hydrogens (tertiary/aromatic N) is 1. The normalized spacial score (nSPS) is 13.1. The van der Waals surface area contributed by atoms with Crippen molar-refractivity contribution in [2.75, 3.05) is 6.54 Å². The van der Waals surface area contributed by atoms with Crippen LogP contribution in [0.2, 0.25) is 0 Å². The van der Waals surface area contributed by atoms with E-state index in [1.807, 2.05) is 26.0 Å². The lowest BCUT2D eigenvalue weighted by Gasteiger charge is -2.19. The first-order valence-electron chi connectivity index (χ1n) is 5.85. The van der Waals surface area contributed by atoms with E-state index in [1.165, 1.54) is 5.56 Å². The molecule has 1 atom stereocenters. The molecule has 1 N–H and O–H groups in total. The zero-order chi connectivity index (χ0) is 12.9. The molecular weight excluding hydrogens is 276 g/mol. The summed E-state index contributed by atoms with van der Waals surface area (Å²) in [4.78, 5) is 0. The minimum Gasteiger partial charge on any atom is -0.310 e. The van der Waals surface area contributed by atoms with Gasteiger partial charge in [-0.25, -0.2) is 0 Å². The van der Waals surface area contributed by atoms with Crippen LogP contribution in [0.5, 0.6) is 0 Å². The number of hydrogen-bond acceptors (Lipinski definition) is 2. The summed E-state index contributed by atoms with van der Waals surface area (Å²) < 4.78 is 1.10. The molecule has 0 spiro atoms. The van der Waals surface area contributed by atoms with E-state index in [0.717, 1.165) is 17.4 Å². The number of nitriles is 1. The van der Waals surface area contributed by atoms with Crippen LogP contribution < -0.4 is 5.32 Å². The molecule has 0 radical (unpaired) electrons. The Morgan fingerprint density at radius 3 is 2.47 bits per heavy atom. The third-order valence-electron chi connectivity index (χ3n) is 2.87. The second-order valence-corrected chi connectivity index (χ2v) is 5.89. The second kappa shape index (κ2) is 6.18. The molecule has 17 heavy (non-hydrogen) atoms. The summed E-state index contributed by atoms with van der Waals surface area (Å²) in [5.74, 6) is 0. The summed E-state index contributed by atoms with van der Waals surface area (Å²) in [5.41, 5.74) is 1.02. The first-order chi connectivity index (χ1) is 7.94. The lowest BCUT2D eigenvalue weighted by Crippen LogP contribution is -2.24. The minimum atomic E-state index is -0.244. The monoisotopic (exact) mass is 294 g/mol. The number of hydrogen-bond donors (Lipinski definition) is 1. The predicted octanol–water partition coefficient (Wildman–Crippen LogP) is 4.04. The largest absolute Gasteiger partial charge is 0.310 e. The molecule has 1 unspecified atom stereocenters. The molecule has 0 saturated carbocycles. The maximum atomic E-state index is 8.92. The molecule has 92 valence electrons. The fraction of sp³-hybridized carbons (Fsp3) is 0.500. The summed E-state index contributed by atoms with van der Waals surface area (Å²) in [6.07, 6.45) is 0.865. The van der Waals surface area contributed by atoms with E-state index < -0.39 is 0 Å². The molecule has 0 saturated heterocycles. The van der Waals surface area contributed by atoms with Gasteiger partial charge in [-0.2, -0.15) is 5.26 Å². The maximum absolute atomic E-state index is 8.92. The van der Waals surface area contributed by atoms with E-state index in [2.05, 4.69) is 46.4 Å².